The number of hydrogen-bond acceptors (Lipinski definition) is 2. The zero-order valence-corrected chi connectivity index (χ0v) is 18.1. The lowest BCUT2D eigenvalue weighted by Gasteiger charge is -2.33. The summed E-state index contributed by atoms with van der Waals surface area (Å²) in [6, 6.07) is 32.2. The molecular formula is C23H15F9O2S. The van der Waals surface area contributed by atoms with Crippen LogP contribution in [0.3, 0.4) is 0 Å². The standard InChI is InChI=1S/C18H15S.C5HF9O2/c1-4-10-16(11-5-1)19(17-12-6-2-7-13-17)18-14-8-3-9-15-18;6-2(7,1(15)16)3(8,9)4(10,11)5(12,13)14/h1-15H;(H,15,16)/q+1;/p-1. The predicted molar refractivity (Wildman–Crippen MR) is 107 cm³/mol. The van der Waals surface area contributed by atoms with E-state index in [0.29, 0.717) is 0 Å². The summed E-state index contributed by atoms with van der Waals surface area (Å²) < 4.78 is 106. The van der Waals surface area contributed by atoms with E-state index >= 15 is 0 Å². The Morgan fingerprint density at radius 3 is 1.06 bits per heavy atom. The van der Waals surface area contributed by atoms with Gasteiger partial charge >= 0.3 is 23.9 Å². The van der Waals surface area contributed by atoms with Crippen LogP contribution in [0.15, 0.2) is 106 Å². The molecule has 0 saturated heterocycles. The monoisotopic (exact) mass is 526 g/mol. The Kier molecular flexibility index (Phi) is 8.53. The van der Waals surface area contributed by atoms with Gasteiger partial charge in [0, 0.05) is 0 Å². The van der Waals surface area contributed by atoms with Gasteiger partial charge in [-0.3, -0.25) is 0 Å². The minimum atomic E-state index is -7.20. The second-order valence-corrected chi connectivity index (χ2v) is 8.78. The van der Waals surface area contributed by atoms with Crippen LogP contribution in [0.1, 0.15) is 0 Å². The first-order valence-electron chi connectivity index (χ1n) is 9.45. The fourth-order valence-electron chi connectivity index (χ4n) is 2.58. The molecule has 3 rings (SSSR count). The third kappa shape index (κ3) is 5.92. The molecule has 12 heteroatoms. The number of aliphatic carboxylic acids is 1. The van der Waals surface area contributed by atoms with Gasteiger partial charge in [0.1, 0.15) is 5.97 Å². The molecule has 0 saturated carbocycles. The summed E-state index contributed by atoms with van der Waals surface area (Å²) in [5, 5.41) is 9.40. The molecule has 0 aliphatic heterocycles. The summed E-state index contributed by atoms with van der Waals surface area (Å²) >= 11 is 0. The van der Waals surface area contributed by atoms with Crippen LogP contribution in [0.25, 0.3) is 0 Å². The van der Waals surface area contributed by atoms with Crippen LogP contribution in [-0.4, -0.2) is 29.9 Å². The maximum atomic E-state index is 12.1. The average Bonchev–Trinajstić information content (AvgIpc) is 2.81. The summed E-state index contributed by atoms with van der Waals surface area (Å²) in [7, 11) is -0.0146. The smallest absolute Gasteiger partial charge is 0.460 e. The van der Waals surface area contributed by atoms with Crippen molar-refractivity contribution in [2.24, 2.45) is 0 Å². The molecule has 0 heterocycles. The van der Waals surface area contributed by atoms with E-state index in [2.05, 4.69) is 91.0 Å². The van der Waals surface area contributed by atoms with Crippen LogP contribution in [0.5, 0.6) is 0 Å². The molecule has 0 aliphatic rings. The number of carboxylic acid groups (broad SMARTS) is 1. The molecule has 2 nitrogen and oxygen atoms in total. The van der Waals surface area contributed by atoms with E-state index < -0.39 is 29.9 Å². The van der Waals surface area contributed by atoms with Gasteiger partial charge in [-0.25, -0.2) is 0 Å². The quantitative estimate of drug-likeness (QED) is 0.293. The molecular weight excluding hydrogens is 511 g/mol. The number of carbonyl (C=O) groups is 1. The lowest BCUT2D eigenvalue weighted by atomic mass is 10.0. The van der Waals surface area contributed by atoms with Gasteiger partial charge < -0.3 is 9.90 Å². The van der Waals surface area contributed by atoms with Crippen LogP contribution >= 0.6 is 0 Å². The molecule has 0 unspecified atom stereocenters. The molecule has 0 fully saturated rings. The van der Waals surface area contributed by atoms with Crippen molar-refractivity contribution in [3.05, 3.63) is 91.0 Å². The minimum Gasteiger partial charge on any atom is -0.544 e. The maximum absolute atomic E-state index is 12.1. The van der Waals surface area contributed by atoms with E-state index in [4.69, 9.17) is 0 Å². The van der Waals surface area contributed by atoms with E-state index in [9.17, 15) is 49.4 Å². The molecule has 188 valence electrons. The molecule has 0 bridgehead atoms. The number of rotatable bonds is 6. The lowest BCUT2D eigenvalue weighted by Crippen LogP contribution is -2.65. The molecule has 0 radical (unpaired) electrons. The minimum absolute atomic E-state index is 0.0146. The highest BCUT2D eigenvalue weighted by atomic mass is 32.2. The zero-order valence-electron chi connectivity index (χ0n) is 17.3. The van der Waals surface area contributed by atoms with E-state index in [0.717, 1.165) is 0 Å². The number of hydrogen-bond donors (Lipinski definition) is 0. The maximum Gasteiger partial charge on any atom is 0.460 e. The highest BCUT2D eigenvalue weighted by molar-refractivity contribution is 7.97. The normalized spacial score (nSPS) is 12.6. The Hall–Kier alpha value is -3.15. The van der Waals surface area contributed by atoms with E-state index in [1.807, 2.05) is 0 Å². The SMILES string of the molecule is O=C([O-])C(F)(F)C(F)(F)C(F)(F)C(F)(F)F.c1ccc([S+](c2ccccc2)c2ccccc2)cc1. The number of halogens is 9. The second kappa shape index (κ2) is 10.6. The number of benzene rings is 3. The summed E-state index contributed by atoms with van der Waals surface area (Å²) in [5.74, 6) is -25.1. The summed E-state index contributed by atoms with van der Waals surface area (Å²) in [4.78, 5) is 13.5. The second-order valence-electron chi connectivity index (χ2n) is 6.75. The third-order valence-electron chi connectivity index (χ3n) is 4.34. The first-order valence-corrected chi connectivity index (χ1v) is 10.7. The Morgan fingerprint density at radius 1 is 0.543 bits per heavy atom. The van der Waals surface area contributed by atoms with Crippen molar-refractivity contribution in [3.63, 3.8) is 0 Å². The fraction of sp³-hybridized carbons (Fsp3) is 0.174. The van der Waals surface area contributed by atoms with Crippen LogP contribution in [-0.2, 0) is 15.7 Å². The van der Waals surface area contributed by atoms with Crippen molar-refractivity contribution in [1.82, 2.24) is 0 Å². The Bertz CT molecular complexity index is 996. The number of alkyl halides is 9. The van der Waals surface area contributed by atoms with Gasteiger partial charge in [0.2, 0.25) is 0 Å². The first-order chi connectivity index (χ1) is 16.1. The Labute approximate surface area is 196 Å². The largest absolute Gasteiger partial charge is 0.544 e. The highest BCUT2D eigenvalue weighted by Crippen LogP contribution is 2.52. The molecule has 3 aromatic carbocycles. The predicted octanol–water partition coefficient (Wildman–Crippen LogP) is 5.99. The number of carbonyl (C=O) groups excluding carboxylic acids is 1. The van der Waals surface area contributed by atoms with Gasteiger partial charge in [0.15, 0.2) is 14.7 Å². The van der Waals surface area contributed by atoms with E-state index in [-0.39, 0.29) is 10.9 Å². The fourth-order valence-corrected chi connectivity index (χ4v) is 4.69. The Balaban J connectivity index is 0.000000252. The van der Waals surface area contributed by atoms with Crippen molar-refractivity contribution in [1.29, 1.82) is 0 Å². The molecule has 35 heavy (non-hydrogen) atoms. The summed E-state index contributed by atoms with van der Waals surface area (Å²) in [5.41, 5.74) is 0. The molecule has 0 amide bonds. The van der Waals surface area contributed by atoms with Crippen molar-refractivity contribution < 1.29 is 49.4 Å². The molecule has 0 aromatic heterocycles. The van der Waals surface area contributed by atoms with Crippen LogP contribution in [0.2, 0.25) is 0 Å². The van der Waals surface area contributed by atoms with Gasteiger partial charge in [0.05, 0.1) is 10.9 Å². The van der Waals surface area contributed by atoms with Crippen LogP contribution in [0.4, 0.5) is 39.5 Å². The molecule has 3 aromatic rings. The van der Waals surface area contributed by atoms with E-state index in [1.165, 1.54) is 14.7 Å². The van der Waals surface area contributed by atoms with Crippen LogP contribution < -0.4 is 5.11 Å². The van der Waals surface area contributed by atoms with Crippen molar-refractivity contribution in [2.75, 3.05) is 0 Å². The van der Waals surface area contributed by atoms with Gasteiger partial charge in [-0.15, -0.1) is 0 Å². The lowest BCUT2D eigenvalue weighted by molar-refractivity contribution is -0.410. The number of carboxylic acids is 1. The van der Waals surface area contributed by atoms with Crippen LogP contribution in [0, 0.1) is 0 Å². The van der Waals surface area contributed by atoms with E-state index in [1.54, 1.807) is 0 Å². The van der Waals surface area contributed by atoms with Gasteiger partial charge in [-0.2, -0.15) is 39.5 Å². The third-order valence-corrected chi connectivity index (χ3v) is 6.57. The topological polar surface area (TPSA) is 40.1 Å². The zero-order chi connectivity index (χ0) is 26.5. The summed E-state index contributed by atoms with van der Waals surface area (Å²) in [6.45, 7) is 0. The highest BCUT2D eigenvalue weighted by Gasteiger charge is 2.82. The molecule has 0 atom stereocenters. The molecule has 0 aliphatic carbocycles. The molecule has 0 N–H and O–H groups in total. The summed E-state index contributed by atoms with van der Waals surface area (Å²) in [6.07, 6.45) is -7.03. The van der Waals surface area contributed by atoms with Crippen molar-refractivity contribution in [3.8, 4) is 0 Å². The van der Waals surface area contributed by atoms with Crippen molar-refractivity contribution >= 4 is 16.9 Å². The van der Waals surface area contributed by atoms with Gasteiger partial charge in [-0.1, -0.05) is 54.6 Å². The van der Waals surface area contributed by atoms with Gasteiger partial charge in [0.25, 0.3) is 0 Å². The van der Waals surface area contributed by atoms with Crippen molar-refractivity contribution in [2.45, 2.75) is 38.6 Å². The first kappa shape index (κ1) is 28.1. The Morgan fingerprint density at radius 2 is 0.829 bits per heavy atom. The molecule has 0 spiro atoms. The van der Waals surface area contributed by atoms with Gasteiger partial charge in [-0.05, 0) is 36.4 Å². The average molecular weight is 526 g/mol.